The Bertz CT molecular complexity index is 1050. The summed E-state index contributed by atoms with van der Waals surface area (Å²) in [6.45, 7) is 4.36. The highest BCUT2D eigenvalue weighted by Crippen LogP contribution is 2.27. The third-order valence-electron chi connectivity index (χ3n) is 5.57. The number of methoxy groups -OCH3 is 1. The van der Waals surface area contributed by atoms with E-state index in [0.717, 1.165) is 16.5 Å². The van der Waals surface area contributed by atoms with Crippen LogP contribution < -0.4 is 9.47 Å². The van der Waals surface area contributed by atoms with Gasteiger partial charge < -0.3 is 24.3 Å². The minimum atomic E-state index is -0.0295. The van der Waals surface area contributed by atoms with E-state index in [1.165, 1.54) is 0 Å². The number of ether oxygens (including phenoxy) is 2. The highest BCUT2D eigenvalue weighted by atomic mass is 16.5. The zero-order chi connectivity index (χ0) is 21.8. The predicted molar refractivity (Wildman–Crippen MR) is 119 cm³/mol. The fourth-order valence-corrected chi connectivity index (χ4v) is 3.82. The standard InChI is InChI=1S/C24H27N3O4/c1-17-7-8-21(22(15-17)30-2)31-14-9-23(28)26-10-12-27(13-11-26)24(29)20-16-18-5-3-4-6-19(18)25-20/h3-8,15-16,25H,9-14H2,1-2H3. The molecule has 3 aromatic rings. The lowest BCUT2D eigenvalue weighted by molar-refractivity contribution is -0.133. The van der Waals surface area contributed by atoms with Crippen LogP contribution in [0.15, 0.2) is 48.5 Å². The van der Waals surface area contributed by atoms with Crippen molar-refractivity contribution in [2.45, 2.75) is 13.3 Å². The molecule has 1 aromatic heterocycles. The molecule has 162 valence electrons. The Balaban J connectivity index is 1.26. The number of carbonyl (C=O) groups is 2. The SMILES string of the molecule is COc1cc(C)ccc1OCCC(=O)N1CCN(C(=O)c2cc3ccccc3[nH]2)CC1. The molecule has 0 spiro atoms. The molecule has 2 amide bonds. The van der Waals surface area contributed by atoms with Crippen molar-refractivity contribution in [3.05, 3.63) is 59.8 Å². The summed E-state index contributed by atoms with van der Waals surface area (Å²) in [7, 11) is 1.60. The molecular weight excluding hydrogens is 394 g/mol. The fourth-order valence-electron chi connectivity index (χ4n) is 3.82. The molecule has 1 aliphatic heterocycles. The molecule has 0 radical (unpaired) electrons. The summed E-state index contributed by atoms with van der Waals surface area (Å²) in [5.74, 6) is 1.30. The van der Waals surface area contributed by atoms with Crippen LogP contribution in [0.25, 0.3) is 10.9 Å². The largest absolute Gasteiger partial charge is 0.493 e. The number of nitrogens with one attached hydrogen (secondary N) is 1. The van der Waals surface area contributed by atoms with Crippen LogP contribution in [0, 0.1) is 6.92 Å². The van der Waals surface area contributed by atoms with Gasteiger partial charge in [0.25, 0.3) is 5.91 Å². The van der Waals surface area contributed by atoms with E-state index < -0.39 is 0 Å². The summed E-state index contributed by atoms with van der Waals surface area (Å²) < 4.78 is 11.1. The first kappa shape index (κ1) is 20.8. The van der Waals surface area contributed by atoms with Gasteiger partial charge in [0.1, 0.15) is 5.69 Å². The average Bonchev–Trinajstić information content (AvgIpc) is 3.24. The Kier molecular flexibility index (Phi) is 6.11. The van der Waals surface area contributed by atoms with Crippen molar-refractivity contribution >= 4 is 22.7 Å². The van der Waals surface area contributed by atoms with Gasteiger partial charge in [-0.2, -0.15) is 0 Å². The molecule has 7 nitrogen and oxygen atoms in total. The van der Waals surface area contributed by atoms with E-state index in [-0.39, 0.29) is 24.8 Å². The van der Waals surface area contributed by atoms with Crippen LogP contribution in [-0.2, 0) is 4.79 Å². The number of fused-ring (bicyclic) bond motifs is 1. The van der Waals surface area contributed by atoms with Crippen molar-refractivity contribution in [1.82, 2.24) is 14.8 Å². The topological polar surface area (TPSA) is 74.9 Å². The maximum absolute atomic E-state index is 12.8. The minimum absolute atomic E-state index is 0.0295. The van der Waals surface area contributed by atoms with Gasteiger partial charge in [0.15, 0.2) is 11.5 Å². The lowest BCUT2D eigenvalue weighted by Crippen LogP contribution is -2.50. The molecule has 7 heteroatoms. The summed E-state index contributed by atoms with van der Waals surface area (Å²) in [6.07, 6.45) is 0.285. The van der Waals surface area contributed by atoms with E-state index in [1.54, 1.807) is 16.9 Å². The lowest BCUT2D eigenvalue weighted by atomic mass is 10.2. The number of aromatic amines is 1. The molecule has 2 aromatic carbocycles. The number of benzene rings is 2. The number of hydrogen-bond donors (Lipinski definition) is 1. The predicted octanol–water partition coefficient (Wildman–Crippen LogP) is 3.24. The van der Waals surface area contributed by atoms with Gasteiger partial charge in [0.05, 0.1) is 20.1 Å². The Morgan fingerprint density at radius 2 is 1.71 bits per heavy atom. The lowest BCUT2D eigenvalue weighted by Gasteiger charge is -2.34. The van der Waals surface area contributed by atoms with Crippen molar-refractivity contribution < 1.29 is 19.1 Å². The van der Waals surface area contributed by atoms with E-state index in [2.05, 4.69) is 4.98 Å². The summed E-state index contributed by atoms with van der Waals surface area (Å²) in [5.41, 5.74) is 2.62. The van der Waals surface area contributed by atoms with Gasteiger partial charge in [0, 0.05) is 37.1 Å². The second-order valence-corrected chi connectivity index (χ2v) is 7.70. The van der Waals surface area contributed by atoms with E-state index in [9.17, 15) is 9.59 Å². The summed E-state index contributed by atoms with van der Waals surface area (Å²) >= 11 is 0. The maximum atomic E-state index is 12.8. The van der Waals surface area contributed by atoms with Crippen molar-refractivity contribution in [2.75, 3.05) is 39.9 Å². The Morgan fingerprint density at radius 1 is 0.968 bits per heavy atom. The Hall–Kier alpha value is -3.48. The van der Waals surface area contributed by atoms with Crippen molar-refractivity contribution in [3.63, 3.8) is 0 Å². The van der Waals surface area contributed by atoms with E-state index in [4.69, 9.17) is 9.47 Å². The number of carbonyl (C=O) groups excluding carboxylic acids is 2. The van der Waals surface area contributed by atoms with Crippen LogP contribution >= 0.6 is 0 Å². The Morgan fingerprint density at radius 3 is 2.45 bits per heavy atom. The molecule has 1 aliphatic rings. The average molecular weight is 421 g/mol. The van der Waals surface area contributed by atoms with Crippen LogP contribution in [0.2, 0.25) is 0 Å². The first-order valence-electron chi connectivity index (χ1n) is 10.5. The number of H-pyrrole nitrogens is 1. The molecule has 31 heavy (non-hydrogen) atoms. The molecule has 0 atom stereocenters. The van der Waals surface area contributed by atoms with Gasteiger partial charge in [-0.1, -0.05) is 24.3 Å². The van der Waals surface area contributed by atoms with E-state index in [1.807, 2.05) is 55.5 Å². The molecule has 0 saturated carbocycles. The minimum Gasteiger partial charge on any atom is -0.493 e. The molecule has 1 N–H and O–H groups in total. The zero-order valence-corrected chi connectivity index (χ0v) is 17.9. The maximum Gasteiger partial charge on any atom is 0.270 e. The molecule has 0 unspecified atom stereocenters. The number of aryl methyl sites for hydroxylation is 1. The van der Waals surface area contributed by atoms with Gasteiger partial charge in [-0.15, -0.1) is 0 Å². The molecule has 1 saturated heterocycles. The molecule has 4 rings (SSSR count). The molecular formula is C24H27N3O4. The van der Waals surface area contributed by atoms with Gasteiger partial charge in [-0.25, -0.2) is 0 Å². The molecule has 2 heterocycles. The number of aromatic nitrogens is 1. The number of rotatable bonds is 6. The van der Waals surface area contributed by atoms with Crippen LogP contribution in [0.3, 0.4) is 0 Å². The number of nitrogens with zero attached hydrogens (tertiary/aromatic N) is 2. The molecule has 0 aliphatic carbocycles. The van der Waals surface area contributed by atoms with Crippen molar-refractivity contribution in [2.24, 2.45) is 0 Å². The summed E-state index contributed by atoms with van der Waals surface area (Å²) in [4.78, 5) is 32.2. The number of para-hydroxylation sites is 1. The third kappa shape index (κ3) is 4.66. The summed E-state index contributed by atoms with van der Waals surface area (Å²) in [5, 5.41) is 1.02. The van der Waals surface area contributed by atoms with Crippen LogP contribution in [0.1, 0.15) is 22.5 Å². The van der Waals surface area contributed by atoms with Gasteiger partial charge in [0.2, 0.25) is 5.91 Å². The highest BCUT2D eigenvalue weighted by Gasteiger charge is 2.25. The van der Waals surface area contributed by atoms with Crippen LogP contribution in [0.4, 0.5) is 0 Å². The second-order valence-electron chi connectivity index (χ2n) is 7.70. The quantitative estimate of drug-likeness (QED) is 0.663. The van der Waals surface area contributed by atoms with Crippen LogP contribution in [-0.4, -0.2) is 66.5 Å². The summed E-state index contributed by atoms with van der Waals surface area (Å²) in [6, 6.07) is 15.4. The highest BCUT2D eigenvalue weighted by molar-refractivity contribution is 5.98. The normalized spacial score (nSPS) is 14.0. The monoisotopic (exact) mass is 421 g/mol. The molecule has 0 bridgehead atoms. The Labute approximate surface area is 181 Å². The van der Waals surface area contributed by atoms with Crippen molar-refractivity contribution in [1.29, 1.82) is 0 Å². The second kappa shape index (κ2) is 9.12. The molecule has 1 fully saturated rings. The number of piperazine rings is 1. The van der Waals surface area contributed by atoms with E-state index in [0.29, 0.717) is 43.4 Å². The van der Waals surface area contributed by atoms with E-state index >= 15 is 0 Å². The number of hydrogen-bond acceptors (Lipinski definition) is 4. The first-order valence-corrected chi connectivity index (χ1v) is 10.5. The zero-order valence-electron chi connectivity index (χ0n) is 17.9. The first-order chi connectivity index (χ1) is 15.0. The van der Waals surface area contributed by atoms with Crippen LogP contribution in [0.5, 0.6) is 11.5 Å². The fraction of sp³-hybridized carbons (Fsp3) is 0.333. The smallest absolute Gasteiger partial charge is 0.270 e. The van der Waals surface area contributed by atoms with Gasteiger partial charge >= 0.3 is 0 Å². The third-order valence-corrected chi connectivity index (χ3v) is 5.57. The number of amides is 2. The van der Waals surface area contributed by atoms with Gasteiger partial charge in [-0.05, 0) is 36.8 Å². The van der Waals surface area contributed by atoms with Crippen molar-refractivity contribution in [3.8, 4) is 11.5 Å². The van der Waals surface area contributed by atoms with Gasteiger partial charge in [-0.3, -0.25) is 9.59 Å².